The van der Waals surface area contributed by atoms with Crippen molar-refractivity contribution in [2.75, 3.05) is 16.8 Å². The average Bonchev–Trinajstić information content (AvgIpc) is 3.33. The van der Waals surface area contributed by atoms with Crippen LogP contribution in [0, 0.1) is 5.92 Å². The summed E-state index contributed by atoms with van der Waals surface area (Å²) >= 11 is 3.38. The van der Waals surface area contributed by atoms with E-state index in [1.807, 2.05) is 30.3 Å². The molecule has 8 heteroatoms. The number of anilines is 2. The zero-order chi connectivity index (χ0) is 18.8. The number of hydrogen-bond acceptors (Lipinski definition) is 5. The van der Waals surface area contributed by atoms with E-state index in [2.05, 4.69) is 31.4 Å². The van der Waals surface area contributed by atoms with Gasteiger partial charge >= 0.3 is 0 Å². The van der Waals surface area contributed by atoms with Crippen LogP contribution in [0.1, 0.15) is 6.42 Å². The second kappa shape index (κ2) is 7.32. The molecular formula is C19H15BrN4O3. The molecular weight excluding hydrogens is 412 g/mol. The highest BCUT2D eigenvalue weighted by molar-refractivity contribution is 9.10. The molecule has 0 aliphatic carbocycles. The average molecular weight is 427 g/mol. The molecule has 2 amide bonds. The number of nitrogens with zero attached hydrogens (tertiary/aromatic N) is 3. The Bertz CT molecular complexity index is 973. The van der Waals surface area contributed by atoms with Gasteiger partial charge in [-0.05, 0) is 42.5 Å². The third kappa shape index (κ3) is 3.75. The van der Waals surface area contributed by atoms with E-state index in [0.717, 1.165) is 10.2 Å². The molecule has 1 N–H and O–H groups in total. The molecule has 0 bridgehead atoms. The van der Waals surface area contributed by atoms with Crippen LogP contribution in [0.5, 0.6) is 0 Å². The Hall–Kier alpha value is -3.00. The van der Waals surface area contributed by atoms with Crippen molar-refractivity contribution in [3.63, 3.8) is 0 Å². The van der Waals surface area contributed by atoms with Crippen LogP contribution in [-0.2, 0) is 9.59 Å². The fourth-order valence-electron chi connectivity index (χ4n) is 3.03. The van der Waals surface area contributed by atoms with Crippen molar-refractivity contribution in [2.45, 2.75) is 6.42 Å². The van der Waals surface area contributed by atoms with Crippen molar-refractivity contribution in [3.05, 3.63) is 59.4 Å². The summed E-state index contributed by atoms with van der Waals surface area (Å²) in [5.74, 6) is -0.278. The van der Waals surface area contributed by atoms with Gasteiger partial charge in [-0.2, -0.15) is 0 Å². The second-order valence-corrected chi connectivity index (χ2v) is 7.11. The molecule has 27 heavy (non-hydrogen) atoms. The van der Waals surface area contributed by atoms with Gasteiger partial charge in [-0.15, -0.1) is 10.2 Å². The molecule has 0 radical (unpaired) electrons. The Morgan fingerprint density at radius 3 is 2.78 bits per heavy atom. The smallest absolute Gasteiger partial charge is 0.247 e. The van der Waals surface area contributed by atoms with Crippen LogP contribution in [0.15, 0.2) is 63.8 Å². The predicted octanol–water partition coefficient (Wildman–Crippen LogP) is 3.49. The molecule has 1 fully saturated rings. The fraction of sp³-hybridized carbons (Fsp3) is 0.158. The summed E-state index contributed by atoms with van der Waals surface area (Å²) in [6.07, 6.45) is 1.44. The van der Waals surface area contributed by atoms with E-state index in [-0.39, 0.29) is 18.2 Å². The van der Waals surface area contributed by atoms with E-state index in [9.17, 15) is 9.59 Å². The highest BCUT2D eigenvalue weighted by Crippen LogP contribution is 2.28. The number of carbonyl (C=O) groups excluding carboxylic acids is 2. The van der Waals surface area contributed by atoms with Gasteiger partial charge in [0.2, 0.25) is 24.1 Å². The topological polar surface area (TPSA) is 88.3 Å². The molecule has 4 rings (SSSR count). The quantitative estimate of drug-likeness (QED) is 0.689. The van der Waals surface area contributed by atoms with E-state index < -0.39 is 5.92 Å². The monoisotopic (exact) mass is 426 g/mol. The molecule has 0 spiro atoms. The van der Waals surface area contributed by atoms with Crippen LogP contribution in [0.3, 0.4) is 0 Å². The maximum absolute atomic E-state index is 12.6. The Morgan fingerprint density at radius 1 is 1.22 bits per heavy atom. The molecule has 1 aliphatic heterocycles. The molecule has 3 aromatic rings. The van der Waals surface area contributed by atoms with Crippen molar-refractivity contribution in [1.29, 1.82) is 0 Å². The number of rotatable bonds is 4. The van der Waals surface area contributed by atoms with Crippen LogP contribution in [0.25, 0.3) is 11.5 Å². The normalized spacial score (nSPS) is 16.6. The van der Waals surface area contributed by atoms with Gasteiger partial charge in [-0.1, -0.05) is 22.0 Å². The molecule has 1 aromatic heterocycles. The summed E-state index contributed by atoms with van der Waals surface area (Å²) in [5, 5.41) is 10.4. The number of hydrogen-bond donors (Lipinski definition) is 1. The van der Waals surface area contributed by atoms with Gasteiger partial charge in [0.05, 0.1) is 5.92 Å². The molecule has 1 atom stereocenters. The van der Waals surface area contributed by atoms with Gasteiger partial charge in [0.1, 0.15) is 0 Å². The molecule has 7 nitrogen and oxygen atoms in total. The number of carbonyl (C=O) groups is 2. The Morgan fingerprint density at radius 2 is 2.04 bits per heavy atom. The van der Waals surface area contributed by atoms with Crippen LogP contribution < -0.4 is 10.2 Å². The number of nitrogens with one attached hydrogen (secondary N) is 1. The lowest BCUT2D eigenvalue weighted by atomic mass is 10.1. The number of benzene rings is 2. The van der Waals surface area contributed by atoms with Crippen LogP contribution in [0.2, 0.25) is 0 Å². The minimum absolute atomic E-state index is 0.0583. The number of halogens is 1. The predicted molar refractivity (Wildman–Crippen MR) is 103 cm³/mol. The zero-order valence-corrected chi connectivity index (χ0v) is 15.7. The zero-order valence-electron chi connectivity index (χ0n) is 14.1. The highest BCUT2D eigenvalue weighted by atomic mass is 79.9. The lowest BCUT2D eigenvalue weighted by Gasteiger charge is -2.17. The number of aromatic nitrogens is 2. The van der Waals surface area contributed by atoms with Gasteiger partial charge in [0.15, 0.2) is 0 Å². The number of amides is 2. The van der Waals surface area contributed by atoms with Crippen molar-refractivity contribution in [2.24, 2.45) is 5.92 Å². The molecule has 1 saturated heterocycles. The molecule has 1 aliphatic rings. The first kappa shape index (κ1) is 17.4. The standard InChI is InChI=1S/C19H15BrN4O3/c20-14-4-6-16(7-5-14)24-10-13(9-17(24)25)18(26)22-15-3-1-2-12(8-15)19-23-21-11-27-19/h1-8,11,13H,9-10H2,(H,22,26). The molecule has 136 valence electrons. The van der Waals surface area contributed by atoms with Crippen LogP contribution >= 0.6 is 15.9 Å². The summed E-state index contributed by atoms with van der Waals surface area (Å²) in [5.41, 5.74) is 2.12. The first-order valence-corrected chi connectivity index (χ1v) is 9.13. The van der Waals surface area contributed by atoms with E-state index >= 15 is 0 Å². The van der Waals surface area contributed by atoms with Gasteiger partial charge in [0.25, 0.3) is 0 Å². The van der Waals surface area contributed by atoms with Gasteiger partial charge < -0.3 is 14.6 Å². The maximum atomic E-state index is 12.6. The van der Waals surface area contributed by atoms with Crippen molar-refractivity contribution in [3.8, 4) is 11.5 Å². The van der Waals surface area contributed by atoms with E-state index in [4.69, 9.17) is 4.42 Å². The maximum Gasteiger partial charge on any atom is 0.247 e. The van der Waals surface area contributed by atoms with Gasteiger partial charge in [0, 0.05) is 34.4 Å². The van der Waals surface area contributed by atoms with E-state index in [1.54, 1.807) is 23.1 Å². The molecule has 0 saturated carbocycles. The Labute approximate surface area is 163 Å². The summed E-state index contributed by atoms with van der Waals surface area (Å²) in [7, 11) is 0. The third-order valence-electron chi connectivity index (χ3n) is 4.37. The minimum Gasteiger partial charge on any atom is -0.423 e. The largest absolute Gasteiger partial charge is 0.423 e. The first-order valence-electron chi connectivity index (χ1n) is 8.33. The first-order chi connectivity index (χ1) is 13.1. The van der Waals surface area contributed by atoms with Crippen LogP contribution in [0.4, 0.5) is 11.4 Å². The minimum atomic E-state index is -0.409. The summed E-state index contributed by atoms with van der Waals surface area (Å²) < 4.78 is 6.11. The van der Waals surface area contributed by atoms with Gasteiger partial charge in [-0.25, -0.2) is 0 Å². The molecule has 1 unspecified atom stereocenters. The van der Waals surface area contributed by atoms with Crippen molar-refractivity contribution < 1.29 is 14.0 Å². The third-order valence-corrected chi connectivity index (χ3v) is 4.90. The lowest BCUT2D eigenvalue weighted by Crippen LogP contribution is -2.28. The van der Waals surface area contributed by atoms with Crippen LogP contribution in [-0.4, -0.2) is 28.6 Å². The SMILES string of the molecule is O=C(Nc1cccc(-c2nnco2)c1)C1CC(=O)N(c2ccc(Br)cc2)C1. The lowest BCUT2D eigenvalue weighted by molar-refractivity contribution is -0.122. The highest BCUT2D eigenvalue weighted by Gasteiger charge is 2.35. The summed E-state index contributed by atoms with van der Waals surface area (Å²) in [6, 6.07) is 14.6. The van der Waals surface area contributed by atoms with Crippen molar-refractivity contribution in [1.82, 2.24) is 10.2 Å². The van der Waals surface area contributed by atoms with Gasteiger partial charge in [-0.3, -0.25) is 9.59 Å². The Balaban J connectivity index is 1.45. The van der Waals surface area contributed by atoms with Crippen molar-refractivity contribution >= 4 is 39.1 Å². The molecule has 2 aromatic carbocycles. The van der Waals surface area contributed by atoms with E-state index in [1.165, 1.54) is 6.39 Å². The molecule has 2 heterocycles. The summed E-state index contributed by atoms with van der Waals surface area (Å²) in [4.78, 5) is 26.6. The fourth-order valence-corrected chi connectivity index (χ4v) is 3.29. The summed E-state index contributed by atoms with van der Waals surface area (Å²) in [6.45, 7) is 0.357. The van der Waals surface area contributed by atoms with E-state index in [0.29, 0.717) is 23.7 Å². The second-order valence-electron chi connectivity index (χ2n) is 6.20. The Kier molecular flexibility index (Phi) is 4.72.